The minimum absolute atomic E-state index is 0.0356. The Hall–Kier alpha value is -2.04. The second kappa shape index (κ2) is 7.46. The molecule has 0 aromatic heterocycles. The van der Waals surface area contributed by atoms with Gasteiger partial charge in [0.1, 0.15) is 5.60 Å². The van der Waals surface area contributed by atoms with E-state index in [0.29, 0.717) is 0 Å². The van der Waals surface area contributed by atoms with Crippen LogP contribution in [0.25, 0.3) is 0 Å². The van der Waals surface area contributed by atoms with Gasteiger partial charge in [-0.1, -0.05) is 32.0 Å². The zero-order valence-corrected chi connectivity index (χ0v) is 16.1. The van der Waals surface area contributed by atoms with Crippen molar-refractivity contribution in [2.45, 2.75) is 72.1 Å². The molecular formula is C20H30N2O3. The molecule has 2 rings (SSSR count). The van der Waals surface area contributed by atoms with Crippen LogP contribution in [0.1, 0.15) is 66.0 Å². The smallest absolute Gasteiger partial charge is 0.408 e. The first-order valence-corrected chi connectivity index (χ1v) is 9.07. The van der Waals surface area contributed by atoms with Crippen LogP contribution < -0.4 is 10.2 Å². The van der Waals surface area contributed by atoms with E-state index in [9.17, 15) is 9.59 Å². The van der Waals surface area contributed by atoms with E-state index in [4.69, 9.17) is 4.74 Å². The van der Waals surface area contributed by atoms with Crippen molar-refractivity contribution >= 4 is 17.7 Å². The van der Waals surface area contributed by atoms with Crippen molar-refractivity contribution in [1.82, 2.24) is 5.32 Å². The van der Waals surface area contributed by atoms with Gasteiger partial charge in [0.2, 0.25) is 5.91 Å². The molecule has 1 aromatic carbocycles. The molecule has 138 valence electrons. The van der Waals surface area contributed by atoms with E-state index < -0.39 is 11.7 Å². The highest BCUT2D eigenvalue weighted by Gasteiger charge is 2.41. The summed E-state index contributed by atoms with van der Waals surface area (Å²) >= 11 is 0. The number of nitrogens with one attached hydrogen (secondary N) is 1. The first-order chi connectivity index (χ1) is 11.7. The third-order valence-corrected chi connectivity index (χ3v) is 4.69. The maximum atomic E-state index is 12.4. The van der Waals surface area contributed by atoms with Crippen molar-refractivity contribution in [3.8, 4) is 0 Å². The first-order valence-electron chi connectivity index (χ1n) is 9.07. The molecule has 3 atom stereocenters. The van der Waals surface area contributed by atoms with Crippen molar-refractivity contribution in [3.05, 3.63) is 29.8 Å². The predicted octanol–water partition coefficient (Wildman–Crippen LogP) is 4.42. The van der Waals surface area contributed by atoms with Gasteiger partial charge in [0.25, 0.3) is 0 Å². The maximum Gasteiger partial charge on any atom is 0.408 e. The fraction of sp³-hybridized carbons (Fsp3) is 0.600. The van der Waals surface area contributed by atoms with Crippen LogP contribution in [0.4, 0.5) is 10.5 Å². The Balaban J connectivity index is 2.44. The highest BCUT2D eigenvalue weighted by Crippen LogP contribution is 2.43. The topological polar surface area (TPSA) is 58.6 Å². The van der Waals surface area contributed by atoms with Gasteiger partial charge in [0.05, 0.1) is 6.04 Å². The van der Waals surface area contributed by atoms with Crippen LogP contribution in [0.2, 0.25) is 0 Å². The number of anilines is 1. The SMILES string of the molecule is CCC1C(NC(=O)OC(C)(C)C)c2ccccc2N(C(C)=O)C1CC. The van der Waals surface area contributed by atoms with E-state index in [0.717, 1.165) is 24.1 Å². The Morgan fingerprint density at radius 3 is 2.32 bits per heavy atom. The summed E-state index contributed by atoms with van der Waals surface area (Å²) in [5.74, 6) is 0.171. The van der Waals surface area contributed by atoms with Gasteiger partial charge in [-0.15, -0.1) is 0 Å². The predicted molar refractivity (Wildman–Crippen MR) is 99.6 cm³/mol. The van der Waals surface area contributed by atoms with Crippen molar-refractivity contribution in [1.29, 1.82) is 0 Å². The molecular weight excluding hydrogens is 316 g/mol. The maximum absolute atomic E-state index is 12.4. The van der Waals surface area contributed by atoms with Crippen LogP contribution in [0, 0.1) is 5.92 Å². The molecule has 0 aliphatic carbocycles. The molecule has 5 nitrogen and oxygen atoms in total. The Bertz CT molecular complexity index is 636. The lowest BCUT2D eigenvalue weighted by atomic mass is 9.78. The van der Waals surface area contributed by atoms with E-state index in [2.05, 4.69) is 19.2 Å². The minimum Gasteiger partial charge on any atom is -0.444 e. The standard InChI is InChI=1S/C20H30N2O3/c1-7-14-16(8-2)22(13(3)23)17-12-10-9-11-15(17)18(14)21-19(24)25-20(4,5)6/h9-12,14,16,18H,7-8H2,1-6H3,(H,21,24). The van der Waals surface area contributed by atoms with Crippen molar-refractivity contribution in [3.63, 3.8) is 0 Å². The third kappa shape index (κ3) is 4.14. The molecule has 5 heteroatoms. The number of amides is 2. The quantitative estimate of drug-likeness (QED) is 0.881. The molecule has 0 spiro atoms. The molecule has 3 unspecified atom stereocenters. The number of alkyl carbamates (subject to hydrolysis) is 1. The van der Waals surface area contributed by atoms with E-state index in [1.807, 2.05) is 49.9 Å². The van der Waals surface area contributed by atoms with E-state index in [1.54, 1.807) is 6.92 Å². The van der Waals surface area contributed by atoms with Crippen LogP contribution in [-0.4, -0.2) is 23.6 Å². The molecule has 0 saturated carbocycles. The Kier molecular flexibility index (Phi) is 5.76. The van der Waals surface area contributed by atoms with Gasteiger partial charge >= 0.3 is 6.09 Å². The molecule has 0 fully saturated rings. The number of para-hydroxylation sites is 1. The lowest BCUT2D eigenvalue weighted by Crippen LogP contribution is -2.52. The summed E-state index contributed by atoms with van der Waals surface area (Å²) in [5.41, 5.74) is 1.31. The zero-order valence-electron chi connectivity index (χ0n) is 16.1. The number of hydrogen-bond acceptors (Lipinski definition) is 3. The number of carbonyl (C=O) groups excluding carboxylic acids is 2. The summed E-state index contributed by atoms with van der Waals surface area (Å²) < 4.78 is 5.46. The normalized spacial score (nSPS) is 23.0. The number of fused-ring (bicyclic) bond motifs is 1. The fourth-order valence-corrected chi connectivity index (χ4v) is 3.81. The second-order valence-corrected chi connectivity index (χ2v) is 7.62. The molecule has 0 saturated heterocycles. The molecule has 1 aliphatic rings. The van der Waals surface area contributed by atoms with Crippen molar-refractivity contribution in [2.75, 3.05) is 4.90 Å². The molecule has 1 aromatic rings. The van der Waals surface area contributed by atoms with Crippen LogP contribution in [0.3, 0.4) is 0 Å². The van der Waals surface area contributed by atoms with E-state index >= 15 is 0 Å². The summed E-state index contributed by atoms with van der Waals surface area (Å²) in [6.07, 6.45) is 1.27. The molecule has 0 bridgehead atoms. The molecule has 2 amide bonds. The lowest BCUT2D eigenvalue weighted by molar-refractivity contribution is -0.117. The number of ether oxygens (including phenoxy) is 1. The summed E-state index contributed by atoms with van der Waals surface area (Å²) in [4.78, 5) is 26.6. The Morgan fingerprint density at radius 1 is 1.16 bits per heavy atom. The summed E-state index contributed by atoms with van der Waals surface area (Å²) in [7, 11) is 0. The van der Waals surface area contributed by atoms with Crippen LogP contribution in [0.5, 0.6) is 0 Å². The summed E-state index contributed by atoms with van der Waals surface area (Å²) in [6, 6.07) is 7.70. The lowest BCUT2D eigenvalue weighted by Gasteiger charge is -2.46. The Labute approximate surface area is 150 Å². The van der Waals surface area contributed by atoms with Gasteiger partial charge in [0.15, 0.2) is 0 Å². The van der Waals surface area contributed by atoms with Crippen molar-refractivity contribution in [2.24, 2.45) is 5.92 Å². The van der Waals surface area contributed by atoms with Gasteiger partial charge < -0.3 is 15.0 Å². The minimum atomic E-state index is -0.546. The van der Waals surface area contributed by atoms with Gasteiger partial charge in [-0.2, -0.15) is 0 Å². The number of benzene rings is 1. The van der Waals surface area contributed by atoms with Crippen LogP contribution in [-0.2, 0) is 9.53 Å². The third-order valence-electron chi connectivity index (χ3n) is 4.69. The first kappa shape index (κ1) is 19.3. The molecule has 1 N–H and O–H groups in total. The molecule has 1 aliphatic heterocycles. The van der Waals surface area contributed by atoms with Gasteiger partial charge in [-0.25, -0.2) is 4.79 Å². The van der Waals surface area contributed by atoms with E-state index in [1.165, 1.54) is 0 Å². The van der Waals surface area contributed by atoms with Gasteiger partial charge in [0, 0.05) is 24.6 Å². The second-order valence-electron chi connectivity index (χ2n) is 7.62. The average Bonchev–Trinajstić information content (AvgIpc) is 2.51. The highest BCUT2D eigenvalue weighted by atomic mass is 16.6. The van der Waals surface area contributed by atoms with E-state index in [-0.39, 0.29) is 23.9 Å². The van der Waals surface area contributed by atoms with Gasteiger partial charge in [-0.3, -0.25) is 4.79 Å². The molecule has 25 heavy (non-hydrogen) atoms. The van der Waals surface area contributed by atoms with Crippen molar-refractivity contribution < 1.29 is 14.3 Å². The highest BCUT2D eigenvalue weighted by molar-refractivity contribution is 5.94. The average molecular weight is 346 g/mol. The van der Waals surface area contributed by atoms with Gasteiger partial charge in [-0.05, 0) is 45.2 Å². The monoisotopic (exact) mass is 346 g/mol. The number of hydrogen-bond donors (Lipinski definition) is 1. The number of carbonyl (C=O) groups is 2. The Morgan fingerprint density at radius 2 is 1.80 bits per heavy atom. The number of rotatable bonds is 3. The summed E-state index contributed by atoms with van der Waals surface area (Å²) in [5, 5.41) is 3.06. The fourth-order valence-electron chi connectivity index (χ4n) is 3.81. The molecule has 1 heterocycles. The largest absolute Gasteiger partial charge is 0.444 e. The number of nitrogens with zero attached hydrogens (tertiary/aromatic N) is 1. The molecule has 0 radical (unpaired) electrons. The van der Waals surface area contributed by atoms with Crippen LogP contribution >= 0.6 is 0 Å². The van der Waals surface area contributed by atoms with Crippen LogP contribution in [0.15, 0.2) is 24.3 Å². The zero-order chi connectivity index (χ0) is 18.8. The summed E-state index contributed by atoms with van der Waals surface area (Å²) in [6.45, 7) is 11.3.